The van der Waals surface area contributed by atoms with Crippen molar-refractivity contribution in [3.63, 3.8) is 0 Å². The standard InChI is InChI=1S/C11H11F3N4/c1-6(11-16-5-17-18-11)15-4-7-2-9(13)10(14)3-8(7)12/h2-3,5-6,15H,4H2,1H3,(H,16,17,18). The van der Waals surface area contributed by atoms with Gasteiger partial charge in [-0.2, -0.15) is 5.10 Å². The van der Waals surface area contributed by atoms with Gasteiger partial charge in [0, 0.05) is 18.2 Å². The van der Waals surface area contributed by atoms with Crippen LogP contribution < -0.4 is 5.32 Å². The number of aromatic nitrogens is 3. The number of nitrogens with one attached hydrogen (secondary N) is 2. The molecule has 4 nitrogen and oxygen atoms in total. The second-order valence-corrected chi connectivity index (χ2v) is 3.83. The molecule has 0 saturated carbocycles. The zero-order valence-electron chi connectivity index (χ0n) is 9.54. The third-order valence-corrected chi connectivity index (χ3v) is 2.53. The molecular formula is C11H11F3N4. The molecule has 1 aromatic heterocycles. The molecule has 1 unspecified atom stereocenters. The Bertz CT molecular complexity index is 527. The molecule has 1 heterocycles. The molecule has 0 bridgehead atoms. The summed E-state index contributed by atoms with van der Waals surface area (Å²) in [6.45, 7) is 1.85. The lowest BCUT2D eigenvalue weighted by Crippen LogP contribution is -2.20. The average molecular weight is 256 g/mol. The van der Waals surface area contributed by atoms with Crippen molar-refractivity contribution in [2.75, 3.05) is 0 Å². The van der Waals surface area contributed by atoms with E-state index in [1.54, 1.807) is 6.92 Å². The lowest BCUT2D eigenvalue weighted by atomic mass is 10.2. The molecule has 2 N–H and O–H groups in total. The minimum atomic E-state index is -1.19. The number of H-pyrrole nitrogens is 1. The van der Waals surface area contributed by atoms with Crippen LogP contribution in [0, 0.1) is 17.5 Å². The number of benzene rings is 1. The molecule has 7 heteroatoms. The number of halogens is 3. The summed E-state index contributed by atoms with van der Waals surface area (Å²) in [6.07, 6.45) is 1.35. The van der Waals surface area contributed by atoms with Gasteiger partial charge < -0.3 is 5.32 Å². The molecule has 0 spiro atoms. The van der Waals surface area contributed by atoms with E-state index in [-0.39, 0.29) is 18.2 Å². The Morgan fingerprint density at radius 2 is 1.94 bits per heavy atom. The first-order valence-corrected chi connectivity index (χ1v) is 5.30. The fourth-order valence-electron chi connectivity index (χ4n) is 1.48. The van der Waals surface area contributed by atoms with Crippen molar-refractivity contribution in [1.82, 2.24) is 20.5 Å². The van der Waals surface area contributed by atoms with Gasteiger partial charge in [0.15, 0.2) is 11.6 Å². The third-order valence-electron chi connectivity index (χ3n) is 2.53. The van der Waals surface area contributed by atoms with E-state index in [4.69, 9.17) is 0 Å². The average Bonchev–Trinajstić information content (AvgIpc) is 2.85. The van der Waals surface area contributed by atoms with Crippen LogP contribution in [-0.2, 0) is 6.54 Å². The van der Waals surface area contributed by atoms with Crippen molar-refractivity contribution in [2.24, 2.45) is 0 Å². The first-order valence-electron chi connectivity index (χ1n) is 5.30. The SMILES string of the molecule is CC(NCc1cc(F)c(F)cc1F)c1ncn[nH]1. The molecule has 1 atom stereocenters. The van der Waals surface area contributed by atoms with Crippen LogP contribution in [0.25, 0.3) is 0 Å². The van der Waals surface area contributed by atoms with Gasteiger partial charge in [0.2, 0.25) is 0 Å². The maximum atomic E-state index is 13.3. The second-order valence-electron chi connectivity index (χ2n) is 3.83. The lowest BCUT2D eigenvalue weighted by molar-refractivity contribution is 0.479. The van der Waals surface area contributed by atoms with Crippen LogP contribution in [-0.4, -0.2) is 15.2 Å². The summed E-state index contributed by atoms with van der Waals surface area (Å²) in [6, 6.07) is 1.16. The number of aromatic amines is 1. The van der Waals surface area contributed by atoms with E-state index >= 15 is 0 Å². The molecule has 0 aliphatic carbocycles. The Balaban J connectivity index is 2.04. The molecule has 0 amide bonds. The van der Waals surface area contributed by atoms with Crippen molar-refractivity contribution < 1.29 is 13.2 Å². The summed E-state index contributed by atoms with van der Waals surface area (Å²) in [7, 11) is 0. The van der Waals surface area contributed by atoms with Gasteiger partial charge in [-0.15, -0.1) is 0 Å². The van der Waals surface area contributed by atoms with Crippen LogP contribution in [0.2, 0.25) is 0 Å². The van der Waals surface area contributed by atoms with E-state index in [9.17, 15) is 13.2 Å². The largest absolute Gasteiger partial charge is 0.303 e. The highest BCUT2D eigenvalue weighted by Crippen LogP contribution is 2.14. The predicted octanol–water partition coefficient (Wildman–Crippen LogP) is 2.07. The van der Waals surface area contributed by atoms with E-state index in [0.29, 0.717) is 11.9 Å². The highest BCUT2D eigenvalue weighted by Gasteiger charge is 2.12. The summed E-state index contributed by atoms with van der Waals surface area (Å²) in [5.74, 6) is -2.47. The molecule has 1 aromatic carbocycles. The highest BCUT2D eigenvalue weighted by molar-refractivity contribution is 5.20. The number of rotatable bonds is 4. The molecule has 0 radical (unpaired) electrons. The van der Waals surface area contributed by atoms with Crippen molar-refractivity contribution in [2.45, 2.75) is 19.5 Å². The van der Waals surface area contributed by atoms with Gasteiger partial charge in [0.25, 0.3) is 0 Å². The molecule has 18 heavy (non-hydrogen) atoms. The Morgan fingerprint density at radius 3 is 2.61 bits per heavy atom. The van der Waals surface area contributed by atoms with Crippen LogP contribution in [0.1, 0.15) is 24.4 Å². The maximum absolute atomic E-state index is 13.3. The van der Waals surface area contributed by atoms with Crippen LogP contribution in [0.4, 0.5) is 13.2 Å². The fourth-order valence-corrected chi connectivity index (χ4v) is 1.48. The minimum absolute atomic E-state index is 0.0558. The fraction of sp³-hybridized carbons (Fsp3) is 0.273. The summed E-state index contributed by atoms with van der Waals surface area (Å²) in [4.78, 5) is 3.93. The minimum Gasteiger partial charge on any atom is -0.303 e. The quantitative estimate of drug-likeness (QED) is 0.823. The van der Waals surface area contributed by atoms with Crippen LogP contribution in [0.3, 0.4) is 0 Å². The van der Waals surface area contributed by atoms with Crippen LogP contribution >= 0.6 is 0 Å². The van der Waals surface area contributed by atoms with Gasteiger partial charge in [-0.1, -0.05) is 0 Å². The van der Waals surface area contributed by atoms with E-state index < -0.39 is 17.5 Å². The smallest absolute Gasteiger partial charge is 0.161 e. The van der Waals surface area contributed by atoms with Crippen LogP contribution in [0.5, 0.6) is 0 Å². The van der Waals surface area contributed by atoms with E-state index in [1.807, 2.05) is 0 Å². The highest BCUT2D eigenvalue weighted by atomic mass is 19.2. The zero-order valence-corrected chi connectivity index (χ0v) is 9.54. The molecular weight excluding hydrogens is 245 g/mol. The van der Waals surface area contributed by atoms with Gasteiger partial charge in [0.1, 0.15) is 18.0 Å². The summed E-state index contributed by atoms with van der Waals surface area (Å²) < 4.78 is 39.0. The number of nitrogens with zero attached hydrogens (tertiary/aromatic N) is 2. The Hall–Kier alpha value is -1.89. The van der Waals surface area contributed by atoms with E-state index in [2.05, 4.69) is 20.5 Å². The Kier molecular flexibility index (Phi) is 3.61. The lowest BCUT2D eigenvalue weighted by Gasteiger charge is -2.11. The monoisotopic (exact) mass is 256 g/mol. The van der Waals surface area contributed by atoms with E-state index in [1.165, 1.54) is 6.33 Å². The van der Waals surface area contributed by atoms with Gasteiger partial charge >= 0.3 is 0 Å². The van der Waals surface area contributed by atoms with Crippen molar-refractivity contribution in [1.29, 1.82) is 0 Å². The maximum Gasteiger partial charge on any atom is 0.161 e. The van der Waals surface area contributed by atoms with Gasteiger partial charge in [-0.05, 0) is 13.0 Å². The number of hydrogen-bond acceptors (Lipinski definition) is 3. The van der Waals surface area contributed by atoms with Gasteiger partial charge in [0.05, 0.1) is 6.04 Å². The van der Waals surface area contributed by atoms with Crippen LogP contribution in [0.15, 0.2) is 18.5 Å². The first kappa shape index (κ1) is 12.6. The molecule has 0 saturated heterocycles. The molecule has 0 fully saturated rings. The Morgan fingerprint density at radius 1 is 1.22 bits per heavy atom. The second kappa shape index (κ2) is 5.18. The molecule has 2 rings (SSSR count). The summed E-state index contributed by atoms with van der Waals surface area (Å²) in [5, 5.41) is 9.26. The van der Waals surface area contributed by atoms with E-state index in [0.717, 1.165) is 6.07 Å². The van der Waals surface area contributed by atoms with Gasteiger partial charge in [-0.25, -0.2) is 18.2 Å². The predicted molar refractivity (Wildman–Crippen MR) is 58.0 cm³/mol. The summed E-state index contributed by atoms with van der Waals surface area (Å²) in [5.41, 5.74) is 0.0558. The van der Waals surface area contributed by atoms with Crippen molar-refractivity contribution in [3.05, 3.63) is 47.3 Å². The van der Waals surface area contributed by atoms with Crippen molar-refractivity contribution in [3.8, 4) is 0 Å². The normalized spacial score (nSPS) is 12.7. The van der Waals surface area contributed by atoms with Crippen molar-refractivity contribution >= 4 is 0 Å². The molecule has 2 aromatic rings. The molecule has 0 aliphatic heterocycles. The number of hydrogen-bond donors (Lipinski definition) is 2. The van der Waals surface area contributed by atoms with Gasteiger partial charge in [-0.3, -0.25) is 5.10 Å². The first-order chi connectivity index (χ1) is 8.58. The third kappa shape index (κ3) is 2.67. The molecule has 96 valence electrons. The molecule has 0 aliphatic rings. The Labute approximate surface area is 101 Å². The summed E-state index contributed by atoms with van der Waals surface area (Å²) >= 11 is 0. The zero-order chi connectivity index (χ0) is 13.1. The topological polar surface area (TPSA) is 53.6 Å².